The first kappa shape index (κ1) is 16.0. The van der Waals surface area contributed by atoms with Crippen molar-refractivity contribution in [3.8, 4) is 0 Å². The maximum absolute atomic E-state index is 3.67. The molecule has 2 fully saturated rings. The van der Waals surface area contributed by atoms with Gasteiger partial charge < -0.3 is 5.32 Å². The summed E-state index contributed by atoms with van der Waals surface area (Å²) in [6.07, 6.45) is 2.87. The van der Waals surface area contributed by atoms with Gasteiger partial charge in [-0.05, 0) is 43.9 Å². The summed E-state index contributed by atoms with van der Waals surface area (Å²) < 4.78 is 0. The molecule has 2 aliphatic rings. The molecule has 1 aliphatic carbocycles. The Morgan fingerprint density at radius 3 is 1.88 bits per heavy atom. The standard InChI is InChI=1S/C11H21N.2C2H6/c1-8-5-6-9-10(2,3)12-7-11(8,9)4;2*1-2/h8-9,12H,5-7H2,1-4H3;2*1-2H3. The third-order valence-corrected chi connectivity index (χ3v) is 4.61. The molecule has 1 aliphatic heterocycles. The van der Waals surface area contributed by atoms with Crippen molar-refractivity contribution >= 4 is 0 Å². The lowest BCUT2D eigenvalue weighted by Crippen LogP contribution is -2.38. The molecule has 0 radical (unpaired) electrons. The third kappa shape index (κ3) is 2.61. The van der Waals surface area contributed by atoms with Gasteiger partial charge in [-0.1, -0.05) is 41.5 Å². The molecule has 0 aromatic carbocycles. The second-order valence-electron chi connectivity index (χ2n) is 5.61. The Kier molecular flexibility index (Phi) is 6.03. The van der Waals surface area contributed by atoms with E-state index in [-0.39, 0.29) is 0 Å². The fraction of sp³-hybridized carbons (Fsp3) is 1.00. The molecule has 1 N–H and O–H groups in total. The van der Waals surface area contributed by atoms with E-state index in [9.17, 15) is 0 Å². The van der Waals surface area contributed by atoms with Crippen LogP contribution in [0.25, 0.3) is 0 Å². The maximum Gasteiger partial charge on any atom is 0.0159 e. The fourth-order valence-electron chi connectivity index (χ4n) is 3.44. The van der Waals surface area contributed by atoms with Crippen LogP contribution in [0, 0.1) is 17.3 Å². The minimum Gasteiger partial charge on any atom is -0.311 e. The molecule has 0 amide bonds. The minimum absolute atomic E-state index is 0.388. The lowest BCUT2D eigenvalue weighted by molar-refractivity contribution is 0.193. The van der Waals surface area contributed by atoms with Gasteiger partial charge in [0.15, 0.2) is 0 Å². The van der Waals surface area contributed by atoms with Gasteiger partial charge in [-0.25, -0.2) is 0 Å². The molecular weight excluding hydrogens is 194 g/mol. The molecule has 1 heterocycles. The lowest BCUT2D eigenvalue weighted by Gasteiger charge is -2.32. The summed E-state index contributed by atoms with van der Waals surface area (Å²) in [6, 6.07) is 0. The van der Waals surface area contributed by atoms with Crippen LogP contribution in [0.3, 0.4) is 0 Å². The first-order chi connectivity index (χ1) is 7.47. The molecule has 1 nitrogen and oxygen atoms in total. The summed E-state index contributed by atoms with van der Waals surface area (Å²) in [7, 11) is 0. The molecule has 3 unspecified atom stereocenters. The van der Waals surface area contributed by atoms with Crippen LogP contribution in [-0.4, -0.2) is 12.1 Å². The van der Waals surface area contributed by atoms with Crippen molar-refractivity contribution in [3.63, 3.8) is 0 Å². The number of fused-ring (bicyclic) bond motifs is 1. The normalized spacial score (nSPS) is 39.0. The molecule has 2 rings (SSSR count). The molecule has 1 heteroatoms. The van der Waals surface area contributed by atoms with Crippen molar-refractivity contribution in [1.82, 2.24) is 5.32 Å². The minimum atomic E-state index is 0.388. The number of hydrogen-bond acceptors (Lipinski definition) is 1. The molecule has 0 aromatic heterocycles. The van der Waals surface area contributed by atoms with Crippen molar-refractivity contribution in [2.45, 2.75) is 73.8 Å². The topological polar surface area (TPSA) is 12.0 Å². The van der Waals surface area contributed by atoms with E-state index < -0.39 is 0 Å². The SMILES string of the molecule is CC.CC.CC1CCC2C(C)(C)NCC12C. The first-order valence-corrected chi connectivity index (χ1v) is 7.22. The van der Waals surface area contributed by atoms with Crippen molar-refractivity contribution in [2.24, 2.45) is 17.3 Å². The van der Waals surface area contributed by atoms with E-state index in [1.54, 1.807) is 0 Å². The Balaban J connectivity index is 0.000000509. The van der Waals surface area contributed by atoms with Gasteiger partial charge in [-0.15, -0.1) is 0 Å². The Morgan fingerprint density at radius 1 is 0.938 bits per heavy atom. The Morgan fingerprint density at radius 2 is 1.44 bits per heavy atom. The van der Waals surface area contributed by atoms with Crippen LogP contribution in [0.5, 0.6) is 0 Å². The molecule has 1 saturated carbocycles. The number of nitrogens with one attached hydrogen (secondary N) is 1. The third-order valence-electron chi connectivity index (χ3n) is 4.61. The van der Waals surface area contributed by atoms with Crippen LogP contribution in [-0.2, 0) is 0 Å². The van der Waals surface area contributed by atoms with Gasteiger partial charge >= 0.3 is 0 Å². The summed E-state index contributed by atoms with van der Waals surface area (Å²) in [6.45, 7) is 18.8. The van der Waals surface area contributed by atoms with Crippen LogP contribution in [0.15, 0.2) is 0 Å². The quantitative estimate of drug-likeness (QED) is 0.643. The highest BCUT2D eigenvalue weighted by molar-refractivity contribution is 5.09. The van der Waals surface area contributed by atoms with E-state index in [2.05, 4.69) is 33.0 Å². The highest BCUT2D eigenvalue weighted by Gasteiger charge is 2.55. The highest BCUT2D eigenvalue weighted by atomic mass is 15.0. The van der Waals surface area contributed by atoms with E-state index in [1.807, 2.05) is 27.7 Å². The average molecular weight is 227 g/mol. The molecular formula is C15H33N. The van der Waals surface area contributed by atoms with Crippen molar-refractivity contribution in [3.05, 3.63) is 0 Å². The zero-order valence-electron chi connectivity index (χ0n) is 12.8. The van der Waals surface area contributed by atoms with Gasteiger partial charge in [-0.2, -0.15) is 0 Å². The fourth-order valence-corrected chi connectivity index (χ4v) is 3.44. The molecule has 0 bridgehead atoms. The Bertz CT molecular complexity index is 198. The molecule has 0 aromatic rings. The summed E-state index contributed by atoms with van der Waals surface area (Å²) in [5.74, 6) is 1.82. The van der Waals surface area contributed by atoms with Crippen LogP contribution < -0.4 is 5.32 Å². The van der Waals surface area contributed by atoms with Crippen molar-refractivity contribution in [1.29, 1.82) is 0 Å². The van der Waals surface area contributed by atoms with Gasteiger partial charge in [0.2, 0.25) is 0 Å². The van der Waals surface area contributed by atoms with Gasteiger partial charge in [0.05, 0.1) is 0 Å². The second kappa shape index (κ2) is 6.05. The molecule has 1 saturated heterocycles. The highest BCUT2D eigenvalue weighted by Crippen LogP contribution is 2.54. The maximum atomic E-state index is 3.67. The van der Waals surface area contributed by atoms with E-state index in [1.165, 1.54) is 19.4 Å². The lowest BCUT2D eigenvalue weighted by atomic mass is 9.71. The summed E-state index contributed by atoms with van der Waals surface area (Å²) >= 11 is 0. The predicted octanol–water partition coefficient (Wildman–Crippen LogP) is 4.47. The van der Waals surface area contributed by atoms with Crippen LogP contribution >= 0.6 is 0 Å². The number of hydrogen-bond donors (Lipinski definition) is 1. The molecule has 3 atom stereocenters. The van der Waals surface area contributed by atoms with E-state index in [0.717, 1.165) is 11.8 Å². The Labute approximate surface area is 103 Å². The van der Waals surface area contributed by atoms with Gasteiger partial charge in [0, 0.05) is 12.1 Å². The smallest absolute Gasteiger partial charge is 0.0159 e. The Hall–Kier alpha value is -0.0400. The largest absolute Gasteiger partial charge is 0.311 e. The van der Waals surface area contributed by atoms with Gasteiger partial charge in [0.1, 0.15) is 0 Å². The zero-order chi connectivity index (χ0) is 13.0. The van der Waals surface area contributed by atoms with Gasteiger partial charge in [0.25, 0.3) is 0 Å². The van der Waals surface area contributed by atoms with Gasteiger partial charge in [-0.3, -0.25) is 0 Å². The monoisotopic (exact) mass is 227 g/mol. The zero-order valence-corrected chi connectivity index (χ0v) is 12.8. The average Bonchev–Trinajstić information content (AvgIpc) is 2.72. The molecule has 16 heavy (non-hydrogen) atoms. The molecule has 98 valence electrons. The summed E-state index contributed by atoms with van der Waals surface area (Å²) in [5.41, 5.74) is 0.975. The van der Waals surface area contributed by atoms with Crippen LogP contribution in [0.1, 0.15) is 68.2 Å². The predicted molar refractivity (Wildman–Crippen MR) is 74.8 cm³/mol. The van der Waals surface area contributed by atoms with E-state index in [4.69, 9.17) is 0 Å². The molecule has 0 spiro atoms. The van der Waals surface area contributed by atoms with E-state index >= 15 is 0 Å². The van der Waals surface area contributed by atoms with Crippen LogP contribution in [0.4, 0.5) is 0 Å². The number of rotatable bonds is 0. The second-order valence-corrected chi connectivity index (χ2v) is 5.61. The van der Waals surface area contributed by atoms with Crippen molar-refractivity contribution < 1.29 is 0 Å². The van der Waals surface area contributed by atoms with E-state index in [0.29, 0.717) is 11.0 Å². The van der Waals surface area contributed by atoms with Crippen LogP contribution in [0.2, 0.25) is 0 Å². The summed E-state index contributed by atoms with van der Waals surface area (Å²) in [5, 5.41) is 3.67. The van der Waals surface area contributed by atoms with Crippen molar-refractivity contribution in [2.75, 3.05) is 6.54 Å². The first-order valence-electron chi connectivity index (χ1n) is 7.22. The summed E-state index contributed by atoms with van der Waals surface area (Å²) in [4.78, 5) is 0.